The third kappa shape index (κ3) is 6.25. The van der Waals surface area contributed by atoms with Gasteiger partial charge in [-0.05, 0) is 98.0 Å². The first kappa shape index (κ1) is 33.5. The molecule has 0 aliphatic heterocycles. The van der Waals surface area contributed by atoms with Crippen LogP contribution in [-0.4, -0.2) is 52.0 Å². The molecular weight excluding hydrogens is 672 g/mol. The number of ketones is 1. The number of allylic oxidation sites excluding steroid dienone is 1. The first-order valence-electron chi connectivity index (χ1n) is 14.4. The second-order valence-electron chi connectivity index (χ2n) is 11.6. The Morgan fingerprint density at radius 1 is 0.917 bits per heavy atom. The Kier molecular flexibility index (Phi) is 8.30. The number of Topliss-reactive ketones (excluding diaryl/α,β-unsaturated/α-hetero) is 1. The van der Waals surface area contributed by atoms with Crippen molar-refractivity contribution in [3.8, 4) is 5.69 Å². The molecule has 6 rings (SSSR count). The number of pyridine rings is 1. The average molecular weight is 697 g/mol. The van der Waals surface area contributed by atoms with E-state index in [0.717, 1.165) is 30.3 Å². The quantitative estimate of drug-likeness (QED) is 0.151. The Bertz CT molecular complexity index is 1990. The van der Waals surface area contributed by atoms with Crippen LogP contribution in [0.25, 0.3) is 11.8 Å². The van der Waals surface area contributed by atoms with E-state index < -0.39 is 80.4 Å². The van der Waals surface area contributed by atoms with Gasteiger partial charge >= 0.3 is 12.4 Å². The van der Waals surface area contributed by atoms with Crippen LogP contribution in [-0.2, 0) is 22.6 Å². The summed E-state index contributed by atoms with van der Waals surface area (Å²) in [5.41, 5.74) is -1.45. The van der Waals surface area contributed by atoms with Gasteiger partial charge in [-0.25, -0.2) is 21.9 Å². The summed E-state index contributed by atoms with van der Waals surface area (Å²) >= 11 is 0. The Hall–Kier alpha value is -4.44. The molecule has 2 aliphatic carbocycles. The second-order valence-corrected chi connectivity index (χ2v) is 13.5. The topological polar surface area (TPSA) is 85.2 Å². The van der Waals surface area contributed by atoms with Crippen molar-refractivity contribution in [2.75, 3.05) is 6.54 Å². The van der Waals surface area contributed by atoms with Crippen LogP contribution in [0, 0.1) is 17.0 Å². The maximum atomic E-state index is 14.4. The molecule has 2 atom stereocenters. The van der Waals surface area contributed by atoms with E-state index in [4.69, 9.17) is 0 Å². The molecule has 2 aromatic heterocycles. The van der Waals surface area contributed by atoms with Crippen molar-refractivity contribution in [3.63, 3.8) is 0 Å². The van der Waals surface area contributed by atoms with Crippen LogP contribution in [0.4, 0.5) is 35.1 Å². The maximum Gasteiger partial charge on any atom is 0.417 e. The number of alkyl halides is 6. The molecule has 2 aromatic carbocycles. The summed E-state index contributed by atoms with van der Waals surface area (Å²) in [4.78, 5) is 17.5. The van der Waals surface area contributed by atoms with E-state index in [2.05, 4.69) is 10.1 Å². The highest BCUT2D eigenvalue weighted by Gasteiger charge is 2.53. The molecule has 48 heavy (non-hydrogen) atoms. The van der Waals surface area contributed by atoms with E-state index in [1.807, 2.05) is 0 Å². The van der Waals surface area contributed by atoms with E-state index in [1.165, 1.54) is 35.1 Å². The van der Waals surface area contributed by atoms with Crippen LogP contribution in [0.15, 0.2) is 83.5 Å². The first-order valence-corrected chi connectivity index (χ1v) is 15.9. The third-order valence-electron chi connectivity index (χ3n) is 8.63. The van der Waals surface area contributed by atoms with Crippen molar-refractivity contribution >= 4 is 21.9 Å². The predicted octanol–water partition coefficient (Wildman–Crippen LogP) is 7.18. The summed E-state index contributed by atoms with van der Waals surface area (Å²) in [6.45, 7) is -1.91. The van der Waals surface area contributed by atoms with Gasteiger partial charge in [0, 0.05) is 12.2 Å². The van der Waals surface area contributed by atoms with Gasteiger partial charge in [-0.3, -0.25) is 9.78 Å². The average Bonchev–Trinajstić information content (AvgIpc) is 3.44. The number of benzene rings is 2. The molecule has 2 aliphatic rings. The zero-order chi connectivity index (χ0) is 34.6. The number of halogens is 8. The molecule has 1 saturated carbocycles. The Balaban J connectivity index is 1.46. The van der Waals surface area contributed by atoms with Gasteiger partial charge < -0.3 is 0 Å². The van der Waals surface area contributed by atoms with Crippen molar-refractivity contribution in [1.82, 2.24) is 19.1 Å². The number of sulfonamides is 1. The van der Waals surface area contributed by atoms with Crippen LogP contribution < -0.4 is 0 Å². The van der Waals surface area contributed by atoms with Gasteiger partial charge in [-0.1, -0.05) is 5.57 Å². The Morgan fingerprint density at radius 2 is 1.56 bits per heavy atom. The summed E-state index contributed by atoms with van der Waals surface area (Å²) in [5.74, 6) is -2.11. The van der Waals surface area contributed by atoms with E-state index >= 15 is 0 Å². The van der Waals surface area contributed by atoms with Crippen molar-refractivity contribution < 1.29 is 48.3 Å². The number of hydrogen-bond acceptors (Lipinski definition) is 5. The standard InChI is InChI=1S/C32H24F8N4O3S/c33-22-3-8-24(9-4-22)44-28-13-20-1-7-25(43(18-31(35,36)37)48(46,47)26-10-5-23(34)6-11-26)15-30(20,14-19(28)16-42-44)29(45)27-12-2-21(17-41-27)32(38,39)40/h2-6,8-13,16-17,25H,1,7,14-15,18H2/t25-,30-/m0/s1. The molecule has 2 heterocycles. The SMILES string of the molecule is O=C(c1ccc(C(F)(F)F)cn1)[C@]12Cc3cnn(-c4ccc(F)cc4)c3C=C1CC[C@H](N(CC(F)(F)F)S(=O)(=O)c1ccc(F)cc1)C2. The molecule has 1 fully saturated rings. The van der Waals surface area contributed by atoms with Crippen LogP contribution in [0.5, 0.6) is 0 Å². The molecule has 0 amide bonds. The maximum absolute atomic E-state index is 14.4. The van der Waals surface area contributed by atoms with E-state index in [1.54, 1.807) is 6.08 Å². The molecule has 0 N–H and O–H groups in total. The fraction of sp³-hybridized carbons (Fsp3) is 0.281. The molecule has 0 radical (unpaired) electrons. The summed E-state index contributed by atoms with van der Waals surface area (Å²) in [6.07, 6.45) is -7.16. The molecule has 4 aromatic rings. The van der Waals surface area contributed by atoms with Gasteiger partial charge in [-0.15, -0.1) is 0 Å². The minimum absolute atomic E-state index is 0.0711. The van der Waals surface area contributed by atoms with Crippen LogP contribution in [0.1, 0.15) is 46.6 Å². The lowest BCUT2D eigenvalue weighted by Gasteiger charge is -2.46. The summed E-state index contributed by atoms with van der Waals surface area (Å²) in [6, 6.07) is 8.75. The summed E-state index contributed by atoms with van der Waals surface area (Å²) < 4.78 is 138. The lowest BCUT2D eigenvalue weighted by atomic mass is 9.60. The van der Waals surface area contributed by atoms with Gasteiger partial charge in [0.15, 0.2) is 5.78 Å². The van der Waals surface area contributed by atoms with E-state index in [-0.39, 0.29) is 23.6 Å². The second kappa shape index (κ2) is 11.9. The third-order valence-corrected chi connectivity index (χ3v) is 10.5. The van der Waals surface area contributed by atoms with Crippen molar-refractivity contribution in [1.29, 1.82) is 0 Å². The van der Waals surface area contributed by atoms with E-state index in [0.29, 0.717) is 34.8 Å². The zero-order valence-electron chi connectivity index (χ0n) is 24.6. The smallest absolute Gasteiger partial charge is 0.291 e. The molecule has 16 heteroatoms. The highest BCUT2D eigenvalue weighted by atomic mass is 32.2. The number of nitrogens with zero attached hydrogens (tertiary/aromatic N) is 4. The fourth-order valence-electron chi connectivity index (χ4n) is 6.39. The minimum atomic E-state index is -5.01. The van der Waals surface area contributed by atoms with Gasteiger partial charge in [0.25, 0.3) is 0 Å². The number of rotatable bonds is 7. The van der Waals surface area contributed by atoms with Crippen molar-refractivity contribution in [2.45, 2.75) is 49.0 Å². The highest BCUT2D eigenvalue weighted by molar-refractivity contribution is 7.89. The molecular formula is C32H24F8N4O3S. The number of hydrogen-bond donors (Lipinski definition) is 0. The number of carbonyl (C=O) groups excluding carboxylic acids is 1. The summed E-state index contributed by atoms with van der Waals surface area (Å²) in [7, 11) is -4.90. The number of aromatic nitrogens is 3. The molecule has 252 valence electrons. The summed E-state index contributed by atoms with van der Waals surface area (Å²) in [5, 5.41) is 4.36. The minimum Gasteiger partial charge on any atom is -0.291 e. The first-order chi connectivity index (χ1) is 22.5. The number of fused-ring (bicyclic) bond motifs is 2. The lowest BCUT2D eigenvalue weighted by molar-refractivity contribution is -0.141. The normalized spacial score (nSPS) is 19.9. The Morgan fingerprint density at radius 3 is 2.15 bits per heavy atom. The fourth-order valence-corrected chi connectivity index (χ4v) is 8.03. The molecule has 0 saturated heterocycles. The lowest BCUT2D eigenvalue weighted by Crippen LogP contribution is -2.52. The number of carbonyl (C=O) groups is 1. The largest absolute Gasteiger partial charge is 0.417 e. The molecule has 7 nitrogen and oxygen atoms in total. The van der Waals surface area contributed by atoms with Crippen molar-refractivity contribution in [3.05, 3.63) is 113 Å². The van der Waals surface area contributed by atoms with Crippen LogP contribution in [0.3, 0.4) is 0 Å². The van der Waals surface area contributed by atoms with E-state index in [9.17, 15) is 48.3 Å². The van der Waals surface area contributed by atoms with Gasteiger partial charge in [-0.2, -0.15) is 35.7 Å². The molecule has 0 spiro atoms. The highest BCUT2D eigenvalue weighted by Crippen LogP contribution is 2.51. The van der Waals surface area contributed by atoms with Gasteiger partial charge in [0.2, 0.25) is 10.0 Å². The Labute approximate surface area is 268 Å². The van der Waals surface area contributed by atoms with Gasteiger partial charge in [0.1, 0.15) is 23.9 Å². The monoisotopic (exact) mass is 696 g/mol. The zero-order valence-corrected chi connectivity index (χ0v) is 25.4. The molecule has 0 bridgehead atoms. The van der Waals surface area contributed by atoms with Gasteiger partial charge in [0.05, 0.1) is 33.5 Å². The van der Waals surface area contributed by atoms with Crippen LogP contribution in [0.2, 0.25) is 0 Å². The van der Waals surface area contributed by atoms with Crippen molar-refractivity contribution in [2.24, 2.45) is 5.41 Å². The predicted molar refractivity (Wildman–Crippen MR) is 155 cm³/mol. The molecule has 0 unspecified atom stereocenters. The van der Waals surface area contributed by atoms with Crippen LogP contribution >= 0.6 is 0 Å².